The third kappa shape index (κ3) is 3.66. The fourth-order valence-electron chi connectivity index (χ4n) is 0.425. The second kappa shape index (κ2) is 3.87. The predicted octanol–water partition coefficient (Wildman–Crippen LogP) is -1.79. The van der Waals surface area contributed by atoms with Gasteiger partial charge in [0.1, 0.15) is 6.73 Å². The summed E-state index contributed by atoms with van der Waals surface area (Å²) in [7, 11) is -9.86. The number of rotatable bonds is 3. The molecule has 0 fully saturated rings. The second-order valence-corrected chi connectivity index (χ2v) is 5.14. The first-order valence-electron chi connectivity index (χ1n) is 2.49. The van der Waals surface area contributed by atoms with E-state index < -0.39 is 27.5 Å². The predicted molar refractivity (Wildman–Crippen MR) is 40.1 cm³/mol. The Morgan fingerprint density at radius 2 is 1.75 bits per heavy atom. The molecule has 0 atom stereocenters. The molecule has 0 heterocycles. The summed E-state index contributed by atoms with van der Waals surface area (Å²) in [5, 5.41) is 6.63. The van der Waals surface area contributed by atoms with Crippen molar-refractivity contribution in [1.29, 1.82) is 0 Å². The molecule has 0 aliphatic heterocycles. The third-order valence-electron chi connectivity index (χ3n) is 0.741. The van der Waals surface area contributed by atoms with Crippen LogP contribution in [0.3, 0.4) is 0 Å². The van der Waals surface area contributed by atoms with Crippen molar-refractivity contribution in [2.75, 3.05) is 6.73 Å². The molecular weight excluding hydrogens is 212 g/mol. The van der Waals surface area contributed by atoms with Crippen LogP contribution < -0.4 is 0 Å². The minimum Gasteiger partial charge on any atom is -0.374 e. The molecule has 0 bridgehead atoms. The van der Waals surface area contributed by atoms with Crippen molar-refractivity contribution >= 4 is 20.7 Å². The Morgan fingerprint density at radius 3 is 1.83 bits per heavy atom. The Labute approximate surface area is 67.6 Å². The number of aliphatic hydroxyl groups excluding tert-OH is 1. The van der Waals surface area contributed by atoms with Crippen LogP contribution >= 0.6 is 15.5 Å². The summed E-state index contributed by atoms with van der Waals surface area (Å²) >= 11 is 0. The maximum atomic E-state index is 10.4. The van der Waals surface area contributed by atoms with E-state index in [1.54, 1.807) is 0 Å². The maximum absolute atomic E-state index is 10.4. The summed E-state index contributed by atoms with van der Waals surface area (Å²) in [5.74, 6) is 0. The molecule has 0 aromatic carbocycles. The van der Waals surface area contributed by atoms with Crippen LogP contribution in [-0.4, -0.2) is 41.5 Å². The zero-order chi connectivity index (χ0) is 9.99. The second-order valence-electron chi connectivity index (χ2n) is 1.71. The van der Waals surface area contributed by atoms with E-state index in [2.05, 4.69) is 4.99 Å². The molecule has 0 rings (SSSR count). The monoisotopic (exact) mass is 220 g/mol. The molecule has 0 aromatic heterocycles. The number of nitrogens with zero attached hydrogens (tertiary/aromatic N) is 1. The molecular formula is C2H8NO7P2+. The maximum Gasteiger partial charge on any atom is 0.469 e. The van der Waals surface area contributed by atoms with Crippen molar-refractivity contribution in [3.8, 4) is 0 Å². The largest absolute Gasteiger partial charge is 0.469 e. The van der Waals surface area contributed by atoms with Crippen LogP contribution in [0.5, 0.6) is 0 Å². The Balaban J connectivity index is 4.97. The summed E-state index contributed by atoms with van der Waals surface area (Å²) < 4.78 is 10.4. The van der Waals surface area contributed by atoms with Crippen LogP contribution in [-0.2, 0) is 4.57 Å². The molecule has 0 spiro atoms. The van der Waals surface area contributed by atoms with E-state index in [0.29, 0.717) is 0 Å². The third-order valence-corrected chi connectivity index (χ3v) is 3.67. The smallest absolute Gasteiger partial charge is 0.374 e. The summed E-state index contributed by atoms with van der Waals surface area (Å²) in [5.41, 5.74) is 0. The van der Waals surface area contributed by atoms with Gasteiger partial charge in [-0.15, -0.1) is 0 Å². The lowest BCUT2D eigenvalue weighted by atomic mass is 11.3. The van der Waals surface area contributed by atoms with Gasteiger partial charge < -0.3 is 14.9 Å². The molecule has 0 aliphatic carbocycles. The topological polar surface area (TPSA) is 151 Å². The number of hydrogen-bond acceptors (Lipinski definition) is 6. The van der Waals surface area contributed by atoms with Crippen molar-refractivity contribution in [3.63, 3.8) is 0 Å². The van der Waals surface area contributed by atoms with Gasteiger partial charge in [-0.1, -0.05) is 0 Å². The van der Waals surface area contributed by atoms with Crippen molar-refractivity contribution in [2.45, 2.75) is 0 Å². The standard InChI is InChI=1S/C2H7NO7P2/c4-1-3-2(11(5,6)7)12(8,9)10/h4-7H,1H2,(H-,8,9,10)/p+1. The van der Waals surface area contributed by atoms with E-state index in [9.17, 15) is 4.57 Å². The number of aliphatic hydroxyl groups is 1. The first-order valence-corrected chi connectivity index (χ1v) is 5.75. The molecule has 0 saturated carbocycles. The molecule has 0 unspecified atom stereocenters. The lowest BCUT2D eigenvalue weighted by Gasteiger charge is -2.06. The van der Waals surface area contributed by atoms with E-state index >= 15 is 0 Å². The van der Waals surface area contributed by atoms with Gasteiger partial charge in [0, 0.05) is 0 Å². The Kier molecular flexibility index (Phi) is 3.89. The highest BCUT2D eigenvalue weighted by atomic mass is 31.3. The highest BCUT2D eigenvalue weighted by Crippen LogP contribution is 2.60. The van der Waals surface area contributed by atoms with Crippen LogP contribution in [0.25, 0.3) is 0 Å². The van der Waals surface area contributed by atoms with Crippen LogP contribution in [0.15, 0.2) is 4.99 Å². The SMILES string of the molecule is O=P(O)(O)C(=NCO)[P+](O)(O)O. The van der Waals surface area contributed by atoms with Gasteiger partial charge in [0.25, 0.3) is 0 Å². The molecule has 0 amide bonds. The number of aliphatic imine (C=N–C) groups is 1. The molecule has 10 heteroatoms. The van der Waals surface area contributed by atoms with Crippen molar-refractivity contribution in [1.82, 2.24) is 0 Å². The summed E-state index contributed by atoms with van der Waals surface area (Å²) in [6, 6.07) is 0. The lowest BCUT2D eigenvalue weighted by Crippen LogP contribution is -2.07. The Morgan fingerprint density at radius 1 is 1.33 bits per heavy atom. The molecule has 0 aliphatic rings. The lowest BCUT2D eigenvalue weighted by molar-refractivity contribution is 0.306. The van der Waals surface area contributed by atoms with E-state index in [1.165, 1.54) is 0 Å². The molecule has 6 N–H and O–H groups in total. The van der Waals surface area contributed by atoms with Crippen LogP contribution in [0, 0.1) is 0 Å². The number of hydrogen-bond donors (Lipinski definition) is 6. The molecule has 12 heavy (non-hydrogen) atoms. The Hall–Kier alpha value is 0.0900. The van der Waals surface area contributed by atoms with Gasteiger partial charge in [0.2, 0.25) is 0 Å². The van der Waals surface area contributed by atoms with E-state index in [0.717, 1.165) is 0 Å². The van der Waals surface area contributed by atoms with Gasteiger partial charge in [-0.2, -0.15) is 14.7 Å². The Bertz CT molecular complexity index is 224. The fourth-order valence-corrected chi connectivity index (χ4v) is 2.32. The van der Waals surface area contributed by atoms with Crippen LogP contribution in [0.1, 0.15) is 0 Å². The minimum atomic E-state index is -5.02. The van der Waals surface area contributed by atoms with Gasteiger partial charge in [-0.3, -0.25) is 0 Å². The van der Waals surface area contributed by atoms with Gasteiger partial charge >= 0.3 is 20.7 Å². The zero-order valence-electron chi connectivity index (χ0n) is 5.64. The quantitative estimate of drug-likeness (QED) is 0.242. The van der Waals surface area contributed by atoms with Gasteiger partial charge in [0.15, 0.2) is 0 Å². The molecule has 72 valence electrons. The van der Waals surface area contributed by atoms with E-state index in [1.807, 2.05) is 0 Å². The van der Waals surface area contributed by atoms with E-state index in [4.69, 9.17) is 29.6 Å². The van der Waals surface area contributed by atoms with Gasteiger partial charge in [-0.25, -0.2) is 9.56 Å². The van der Waals surface area contributed by atoms with Crippen molar-refractivity contribution in [3.05, 3.63) is 0 Å². The average molecular weight is 220 g/mol. The van der Waals surface area contributed by atoms with Crippen LogP contribution in [0.4, 0.5) is 0 Å². The van der Waals surface area contributed by atoms with E-state index in [-0.39, 0.29) is 0 Å². The zero-order valence-corrected chi connectivity index (χ0v) is 7.43. The highest BCUT2D eigenvalue weighted by molar-refractivity contribution is 8.00. The summed E-state index contributed by atoms with van der Waals surface area (Å²) in [4.78, 5) is 44.7. The first-order chi connectivity index (χ1) is 5.19. The average Bonchev–Trinajstić information content (AvgIpc) is 1.77. The fraction of sp³-hybridized carbons (Fsp3) is 0.500. The van der Waals surface area contributed by atoms with Crippen LogP contribution in [0.2, 0.25) is 0 Å². The molecule has 8 nitrogen and oxygen atoms in total. The summed E-state index contributed by atoms with van der Waals surface area (Å²) in [6.07, 6.45) is 0. The molecule has 0 radical (unpaired) electrons. The highest BCUT2D eigenvalue weighted by Gasteiger charge is 2.51. The normalized spacial score (nSPS) is 15.0. The summed E-state index contributed by atoms with van der Waals surface area (Å²) in [6.45, 7) is -1.05. The van der Waals surface area contributed by atoms with Crippen molar-refractivity contribution < 1.29 is 34.1 Å². The molecule has 0 aromatic rings. The van der Waals surface area contributed by atoms with Crippen molar-refractivity contribution in [2.24, 2.45) is 4.99 Å². The van der Waals surface area contributed by atoms with Gasteiger partial charge in [-0.05, 0) is 0 Å². The first kappa shape index (κ1) is 12.1. The minimum absolute atomic E-state index is 1.05. The van der Waals surface area contributed by atoms with Gasteiger partial charge in [0.05, 0.1) is 0 Å². The molecule has 0 saturated heterocycles.